The van der Waals surface area contributed by atoms with Crippen LogP contribution in [0.4, 0.5) is 0 Å². The lowest BCUT2D eigenvalue weighted by Gasteiger charge is -2.41. The number of hydrogen-bond donors (Lipinski definition) is 2. The van der Waals surface area contributed by atoms with Gasteiger partial charge in [0.15, 0.2) is 5.60 Å². The first-order valence-corrected chi connectivity index (χ1v) is 7.52. The zero-order chi connectivity index (χ0) is 13.7. The van der Waals surface area contributed by atoms with Crippen LogP contribution in [-0.4, -0.2) is 47.6 Å². The van der Waals surface area contributed by atoms with Crippen LogP contribution in [0.2, 0.25) is 4.34 Å². The van der Waals surface area contributed by atoms with Crippen molar-refractivity contribution in [3.63, 3.8) is 0 Å². The van der Waals surface area contributed by atoms with Crippen LogP contribution in [-0.2, 0) is 14.8 Å². The number of sulfonamides is 1. The van der Waals surface area contributed by atoms with Crippen molar-refractivity contribution in [3.05, 3.63) is 16.0 Å². The molecular weight excluding hydrogens is 302 g/mol. The van der Waals surface area contributed by atoms with Gasteiger partial charge >= 0.3 is 5.97 Å². The maximum Gasteiger partial charge on any atom is 0.338 e. The SMILES string of the molecule is Cc1cc(S(=O)(=O)N2CC(O)(C(=O)O)C2)sc1Cl. The number of rotatable bonds is 3. The highest BCUT2D eigenvalue weighted by atomic mass is 35.5. The number of aliphatic carboxylic acids is 1. The predicted octanol–water partition coefficient (Wildman–Crippen LogP) is 0.530. The molecule has 1 aliphatic rings. The largest absolute Gasteiger partial charge is 0.479 e. The van der Waals surface area contributed by atoms with Gasteiger partial charge in [-0.2, -0.15) is 4.31 Å². The fraction of sp³-hybridized carbons (Fsp3) is 0.444. The molecule has 2 heterocycles. The van der Waals surface area contributed by atoms with Gasteiger partial charge in [0.05, 0.1) is 17.4 Å². The smallest absolute Gasteiger partial charge is 0.338 e. The summed E-state index contributed by atoms with van der Waals surface area (Å²) in [5.41, 5.74) is -1.34. The average Bonchev–Trinajstić information content (AvgIpc) is 2.54. The first-order valence-electron chi connectivity index (χ1n) is 4.89. The van der Waals surface area contributed by atoms with E-state index in [1.807, 2.05) is 0 Å². The van der Waals surface area contributed by atoms with Gasteiger partial charge in [0.25, 0.3) is 10.0 Å². The van der Waals surface area contributed by atoms with Crippen LogP contribution in [0.3, 0.4) is 0 Å². The summed E-state index contributed by atoms with van der Waals surface area (Å²) < 4.78 is 25.5. The monoisotopic (exact) mass is 311 g/mol. The summed E-state index contributed by atoms with van der Waals surface area (Å²) in [6.07, 6.45) is 0. The van der Waals surface area contributed by atoms with Crippen molar-refractivity contribution in [2.75, 3.05) is 13.1 Å². The van der Waals surface area contributed by atoms with Gasteiger partial charge in [-0.1, -0.05) is 11.6 Å². The molecule has 0 bridgehead atoms. The maximum atomic E-state index is 12.1. The lowest BCUT2D eigenvalue weighted by molar-refractivity contribution is -0.170. The minimum Gasteiger partial charge on any atom is -0.479 e. The Balaban J connectivity index is 2.23. The minimum absolute atomic E-state index is 0.0532. The summed E-state index contributed by atoms with van der Waals surface area (Å²) in [6, 6.07) is 1.43. The Morgan fingerprint density at radius 1 is 1.56 bits per heavy atom. The van der Waals surface area contributed by atoms with Crippen LogP contribution in [0.15, 0.2) is 10.3 Å². The number of thiophene rings is 1. The summed E-state index contributed by atoms with van der Waals surface area (Å²) >= 11 is 6.71. The highest BCUT2D eigenvalue weighted by molar-refractivity contribution is 7.91. The molecule has 9 heteroatoms. The van der Waals surface area contributed by atoms with E-state index in [1.54, 1.807) is 6.92 Å². The number of hydrogen-bond acceptors (Lipinski definition) is 5. The van der Waals surface area contributed by atoms with Crippen molar-refractivity contribution >= 4 is 38.9 Å². The lowest BCUT2D eigenvalue weighted by atomic mass is 9.98. The average molecular weight is 312 g/mol. The van der Waals surface area contributed by atoms with Gasteiger partial charge in [0, 0.05) is 0 Å². The third-order valence-electron chi connectivity index (χ3n) is 2.70. The molecule has 2 N–H and O–H groups in total. The standard InChI is InChI=1S/C9H10ClNO5S2/c1-5-2-6(17-7(5)10)18(15,16)11-3-9(14,4-11)8(12)13/h2,14H,3-4H2,1H3,(H,12,13). The topological polar surface area (TPSA) is 94.9 Å². The molecule has 0 amide bonds. The molecule has 1 aliphatic heterocycles. The summed E-state index contributed by atoms with van der Waals surface area (Å²) in [6.45, 7) is 0.792. The molecule has 0 aromatic carbocycles. The molecule has 1 saturated heterocycles. The van der Waals surface area contributed by atoms with Gasteiger partial charge in [-0.25, -0.2) is 13.2 Å². The molecule has 1 aromatic heterocycles. The van der Waals surface area contributed by atoms with E-state index in [-0.39, 0.29) is 4.21 Å². The van der Waals surface area contributed by atoms with E-state index >= 15 is 0 Å². The van der Waals surface area contributed by atoms with Crippen molar-refractivity contribution in [2.45, 2.75) is 16.7 Å². The third kappa shape index (κ3) is 2.04. The summed E-state index contributed by atoms with van der Waals surface area (Å²) in [5, 5.41) is 18.2. The molecule has 6 nitrogen and oxygen atoms in total. The molecule has 1 aromatic rings. The first-order chi connectivity index (χ1) is 8.17. The van der Waals surface area contributed by atoms with Crippen LogP contribution in [0.1, 0.15) is 5.56 Å². The Morgan fingerprint density at radius 2 is 2.11 bits per heavy atom. The molecular formula is C9H10ClNO5S2. The maximum absolute atomic E-state index is 12.1. The molecule has 0 radical (unpaired) electrons. The molecule has 0 unspecified atom stereocenters. The van der Waals surface area contributed by atoms with Gasteiger partial charge < -0.3 is 10.2 Å². The van der Waals surface area contributed by atoms with Crippen LogP contribution in [0, 0.1) is 6.92 Å². The van der Waals surface area contributed by atoms with Gasteiger partial charge in [0.1, 0.15) is 4.21 Å². The van der Waals surface area contributed by atoms with Crippen molar-refractivity contribution in [2.24, 2.45) is 0 Å². The molecule has 100 valence electrons. The van der Waals surface area contributed by atoms with E-state index in [9.17, 15) is 18.3 Å². The second-order valence-corrected chi connectivity index (χ2v) is 7.95. The summed E-state index contributed by atoms with van der Waals surface area (Å²) in [7, 11) is -3.76. The second-order valence-electron chi connectivity index (χ2n) is 4.13. The van der Waals surface area contributed by atoms with E-state index in [4.69, 9.17) is 16.7 Å². The molecule has 18 heavy (non-hydrogen) atoms. The normalized spacial score (nSPS) is 19.5. The Kier molecular flexibility index (Phi) is 3.19. The lowest BCUT2D eigenvalue weighted by Crippen LogP contribution is -2.67. The van der Waals surface area contributed by atoms with E-state index in [0.29, 0.717) is 9.90 Å². The number of halogens is 1. The van der Waals surface area contributed by atoms with Crippen molar-refractivity contribution in [1.29, 1.82) is 0 Å². The molecule has 1 fully saturated rings. The number of β-amino-alcohol motifs (C(OH)–C–C–N with tert-alkyl or cyclic N) is 1. The fourth-order valence-electron chi connectivity index (χ4n) is 1.53. The Labute approximate surface area is 112 Å². The van der Waals surface area contributed by atoms with Crippen LogP contribution < -0.4 is 0 Å². The first kappa shape index (κ1) is 13.8. The van der Waals surface area contributed by atoms with E-state index < -0.39 is 34.7 Å². The molecule has 0 atom stereocenters. The Morgan fingerprint density at radius 3 is 2.50 bits per heavy atom. The molecule has 2 rings (SSSR count). The van der Waals surface area contributed by atoms with Crippen molar-refractivity contribution < 1.29 is 23.4 Å². The van der Waals surface area contributed by atoms with Gasteiger partial charge in [-0.05, 0) is 18.6 Å². The van der Waals surface area contributed by atoms with Crippen LogP contribution in [0.5, 0.6) is 0 Å². The van der Waals surface area contributed by atoms with E-state index in [1.165, 1.54) is 6.07 Å². The third-order valence-corrected chi connectivity index (χ3v) is 6.50. The predicted molar refractivity (Wildman–Crippen MR) is 65.4 cm³/mol. The zero-order valence-electron chi connectivity index (χ0n) is 9.25. The van der Waals surface area contributed by atoms with Gasteiger partial charge in [-0.3, -0.25) is 0 Å². The number of aryl methyl sites for hydroxylation is 1. The van der Waals surface area contributed by atoms with Crippen LogP contribution >= 0.6 is 22.9 Å². The number of nitrogens with zero attached hydrogens (tertiary/aromatic N) is 1. The Bertz CT molecular complexity index is 583. The number of carboxylic acids is 1. The fourth-order valence-corrected chi connectivity index (χ4v) is 4.94. The summed E-state index contributed by atoms with van der Waals surface area (Å²) in [5.74, 6) is -1.42. The number of aliphatic hydroxyl groups is 1. The molecule has 0 spiro atoms. The van der Waals surface area contributed by atoms with Gasteiger partial charge in [-0.15, -0.1) is 11.3 Å². The highest BCUT2D eigenvalue weighted by Gasteiger charge is 2.53. The van der Waals surface area contributed by atoms with E-state index in [2.05, 4.69) is 0 Å². The van der Waals surface area contributed by atoms with Crippen molar-refractivity contribution in [1.82, 2.24) is 4.31 Å². The minimum atomic E-state index is -3.76. The van der Waals surface area contributed by atoms with E-state index in [0.717, 1.165) is 15.6 Å². The quantitative estimate of drug-likeness (QED) is 0.849. The molecule has 0 aliphatic carbocycles. The zero-order valence-corrected chi connectivity index (χ0v) is 11.6. The van der Waals surface area contributed by atoms with Crippen LogP contribution in [0.25, 0.3) is 0 Å². The summed E-state index contributed by atoms with van der Waals surface area (Å²) in [4.78, 5) is 10.7. The Hall–Kier alpha value is -0.670. The number of carboxylic acid groups (broad SMARTS) is 1. The molecule has 0 saturated carbocycles. The second kappa shape index (κ2) is 4.17. The van der Waals surface area contributed by atoms with Crippen molar-refractivity contribution in [3.8, 4) is 0 Å². The van der Waals surface area contributed by atoms with Gasteiger partial charge in [0.2, 0.25) is 0 Å². The number of carbonyl (C=O) groups is 1. The highest BCUT2D eigenvalue weighted by Crippen LogP contribution is 2.35.